The van der Waals surface area contributed by atoms with Crippen molar-refractivity contribution < 1.29 is 22.7 Å². The Morgan fingerprint density at radius 3 is 2.63 bits per heavy atom. The number of hydrogen-bond donors (Lipinski definition) is 1. The minimum absolute atomic E-state index is 0.0471. The van der Waals surface area contributed by atoms with Crippen molar-refractivity contribution in [3.05, 3.63) is 90.6 Å². The fraction of sp³-hybridized carbons (Fsp3) is 0.125. The van der Waals surface area contributed by atoms with Crippen molar-refractivity contribution in [3.63, 3.8) is 0 Å². The standard InChI is InChI=1S/C24H14ClF3N2O4S/c25-13-5-2-7-15(11-13)35-20-18(31)17-19(34-23(20)33)16-8-3-9-29-21(16)30(22(17)32)14-6-1-4-12(10-14)24(26,27)28/h1-2,4-8,10-11,31H,3,9H2. The van der Waals surface area contributed by atoms with Gasteiger partial charge in [0.05, 0.1) is 16.5 Å². The number of alkyl halides is 3. The van der Waals surface area contributed by atoms with E-state index in [0.717, 1.165) is 28.5 Å². The molecule has 6 nitrogen and oxygen atoms in total. The van der Waals surface area contributed by atoms with Crippen LogP contribution in [0.3, 0.4) is 0 Å². The molecule has 0 fully saturated rings. The second kappa shape index (κ2) is 8.62. The summed E-state index contributed by atoms with van der Waals surface area (Å²) in [5.41, 5.74) is -2.91. The molecule has 3 heterocycles. The Hall–Kier alpha value is -3.50. The minimum Gasteiger partial charge on any atom is -0.505 e. The van der Waals surface area contributed by atoms with Crippen LogP contribution in [0.1, 0.15) is 12.0 Å². The van der Waals surface area contributed by atoms with Crippen molar-refractivity contribution >= 4 is 40.4 Å². The fourth-order valence-corrected chi connectivity index (χ4v) is 4.99. The Balaban J connectivity index is 1.85. The molecule has 0 atom stereocenters. The van der Waals surface area contributed by atoms with Crippen LogP contribution in [0.2, 0.25) is 5.02 Å². The number of aromatic hydroxyl groups is 1. The van der Waals surface area contributed by atoms with Crippen LogP contribution in [0.15, 0.2) is 77.3 Å². The molecule has 0 unspecified atom stereocenters. The van der Waals surface area contributed by atoms with Crippen molar-refractivity contribution in [3.8, 4) is 11.4 Å². The van der Waals surface area contributed by atoms with Gasteiger partial charge < -0.3 is 9.52 Å². The zero-order valence-electron chi connectivity index (χ0n) is 17.6. The Morgan fingerprint density at radius 1 is 1.11 bits per heavy atom. The minimum atomic E-state index is -4.63. The highest BCUT2D eigenvalue weighted by atomic mass is 35.5. The highest BCUT2D eigenvalue weighted by Gasteiger charge is 2.31. The van der Waals surface area contributed by atoms with Crippen LogP contribution in [-0.2, 0) is 6.18 Å². The maximum atomic E-state index is 13.6. The van der Waals surface area contributed by atoms with Crippen LogP contribution in [0.25, 0.3) is 22.7 Å². The lowest BCUT2D eigenvalue weighted by atomic mass is 10.1. The van der Waals surface area contributed by atoms with E-state index in [4.69, 9.17) is 16.0 Å². The molecule has 0 aliphatic carbocycles. The topological polar surface area (TPSA) is 84.8 Å². The Morgan fingerprint density at radius 2 is 1.89 bits per heavy atom. The number of halogens is 4. The van der Waals surface area contributed by atoms with Gasteiger partial charge in [-0.25, -0.2) is 4.79 Å². The Kier molecular flexibility index (Phi) is 5.72. The first-order valence-corrected chi connectivity index (χ1v) is 11.4. The molecule has 0 saturated heterocycles. The molecule has 35 heavy (non-hydrogen) atoms. The van der Waals surface area contributed by atoms with Gasteiger partial charge in [-0.15, -0.1) is 0 Å². The molecular weight excluding hydrogens is 505 g/mol. The number of fused-ring (bicyclic) bond motifs is 3. The van der Waals surface area contributed by atoms with Crippen LogP contribution in [0.5, 0.6) is 5.75 Å². The summed E-state index contributed by atoms with van der Waals surface area (Å²) >= 11 is 6.85. The summed E-state index contributed by atoms with van der Waals surface area (Å²) in [6.07, 6.45) is -2.51. The second-order valence-electron chi connectivity index (χ2n) is 7.63. The van der Waals surface area contributed by atoms with Gasteiger partial charge in [0.25, 0.3) is 5.56 Å². The zero-order chi connectivity index (χ0) is 24.9. The quantitative estimate of drug-likeness (QED) is 0.438. The molecule has 2 aromatic carbocycles. The van der Waals surface area contributed by atoms with Crippen molar-refractivity contribution in [2.24, 2.45) is 4.99 Å². The molecule has 0 saturated carbocycles. The SMILES string of the molecule is O=c1oc2c3c(n(-c4cccc(C(F)(F)F)c4)c(=O)c2c(O)c1Sc1cccc(Cl)c1)=NCCC=3. The summed E-state index contributed by atoms with van der Waals surface area (Å²) in [6.45, 7) is 0.288. The van der Waals surface area contributed by atoms with E-state index < -0.39 is 28.7 Å². The monoisotopic (exact) mass is 518 g/mol. The van der Waals surface area contributed by atoms with Gasteiger partial charge in [0.15, 0.2) is 11.3 Å². The molecule has 0 amide bonds. The van der Waals surface area contributed by atoms with Crippen molar-refractivity contribution in [2.45, 2.75) is 22.4 Å². The fourth-order valence-electron chi connectivity index (χ4n) is 3.84. The van der Waals surface area contributed by atoms with Gasteiger partial charge in [-0.1, -0.05) is 41.6 Å². The number of pyridine rings is 1. The van der Waals surface area contributed by atoms with Crippen molar-refractivity contribution in [1.29, 1.82) is 0 Å². The summed E-state index contributed by atoms with van der Waals surface area (Å²) in [4.78, 5) is 31.0. The Bertz CT molecular complexity index is 1750. The average Bonchev–Trinajstić information content (AvgIpc) is 2.81. The second-order valence-corrected chi connectivity index (χ2v) is 9.15. The lowest BCUT2D eigenvalue weighted by molar-refractivity contribution is -0.137. The van der Waals surface area contributed by atoms with E-state index in [0.29, 0.717) is 16.3 Å². The maximum absolute atomic E-state index is 13.6. The lowest BCUT2D eigenvalue weighted by Gasteiger charge is -2.15. The van der Waals surface area contributed by atoms with E-state index in [9.17, 15) is 27.9 Å². The molecule has 1 aliphatic rings. The van der Waals surface area contributed by atoms with E-state index >= 15 is 0 Å². The molecule has 4 aromatic rings. The zero-order valence-corrected chi connectivity index (χ0v) is 19.2. The van der Waals surface area contributed by atoms with Crippen LogP contribution < -0.4 is 21.9 Å². The number of hydrogen-bond acceptors (Lipinski definition) is 6. The number of nitrogens with zero attached hydrogens (tertiary/aromatic N) is 2. The van der Waals surface area contributed by atoms with E-state index in [1.54, 1.807) is 30.3 Å². The molecule has 5 rings (SSSR count). The van der Waals surface area contributed by atoms with Crippen molar-refractivity contribution in [1.82, 2.24) is 4.57 Å². The first-order chi connectivity index (χ1) is 16.6. The van der Waals surface area contributed by atoms with Gasteiger partial charge in [-0.3, -0.25) is 14.4 Å². The molecule has 11 heteroatoms. The summed E-state index contributed by atoms with van der Waals surface area (Å²) in [5, 5.41) is 11.4. The normalized spacial score (nSPS) is 13.3. The molecule has 2 aromatic heterocycles. The Labute approximate surface area is 203 Å². The van der Waals surface area contributed by atoms with Gasteiger partial charge in [-0.05, 0) is 42.8 Å². The summed E-state index contributed by atoms with van der Waals surface area (Å²) < 4.78 is 46.5. The molecular formula is C24H14ClF3N2O4S. The highest BCUT2D eigenvalue weighted by Crippen LogP contribution is 2.35. The van der Waals surface area contributed by atoms with Crippen LogP contribution >= 0.6 is 23.4 Å². The first-order valence-electron chi connectivity index (χ1n) is 10.3. The third kappa shape index (κ3) is 4.12. The number of rotatable bonds is 3. The highest BCUT2D eigenvalue weighted by molar-refractivity contribution is 7.99. The van der Waals surface area contributed by atoms with E-state index in [-0.39, 0.29) is 38.8 Å². The lowest BCUT2D eigenvalue weighted by Crippen LogP contribution is -2.45. The molecule has 178 valence electrons. The number of benzene rings is 2. The number of aromatic nitrogens is 1. The first kappa shape index (κ1) is 23.3. The summed E-state index contributed by atoms with van der Waals surface area (Å²) in [6, 6.07) is 10.7. The molecule has 0 spiro atoms. The summed E-state index contributed by atoms with van der Waals surface area (Å²) in [7, 11) is 0. The van der Waals surface area contributed by atoms with Crippen LogP contribution in [0.4, 0.5) is 13.2 Å². The van der Waals surface area contributed by atoms with Gasteiger partial charge in [0, 0.05) is 16.5 Å². The predicted molar refractivity (Wildman–Crippen MR) is 125 cm³/mol. The molecule has 0 radical (unpaired) electrons. The third-order valence-corrected chi connectivity index (χ3v) is 6.65. The van der Waals surface area contributed by atoms with E-state index in [2.05, 4.69) is 4.99 Å². The maximum Gasteiger partial charge on any atom is 0.416 e. The average molecular weight is 519 g/mol. The third-order valence-electron chi connectivity index (χ3n) is 5.36. The molecule has 0 bridgehead atoms. The predicted octanol–water partition coefficient (Wildman–Crippen LogP) is 4.28. The van der Waals surface area contributed by atoms with Crippen LogP contribution in [0, 0.1) is 0 Å². The molecule has 1 N–H and O–H groups in total. The summed E-state index contributed by atoms with van der Waals surface area (Å²) in [5.74, 6) is -0.631. The van der Waals surface area contributed by atoms with E-state index in [1.807, 2.05) is 0 Å². The van der Waals surface area contributed by atoms with E-state index in [1.165, 1.54) is 12.1 Å². The largest absolute Gasteiger partial charge is 0.505 e. The molecule has 1 aliphatic heterocycles. The van der Waals surface area contributed by atoms with Crippen molar-refractivity contribution in [2.75, 3.05) is 6.54 Å². The van der Waals surface area contributed by atoms with Gasteiger partial charge >= 0.3 is 11.8 Å². The smallest absolute Gasteiger partial charge is 0.416 e. The van der Waals surface area contributed by atoms with Gasteiger partial charge in [0.2, 0.25) is 0 Å². The van der Waals surface area contributed by atoms with Gasteiger partial charge in [0.1, 0.15) is 15.8 Å². The van der Waals surface area contributed by atoms with Gasteiger partial charge in [-0.2, -0.15) is 13.2 Å². The van der Waals surface area contributed by atoms with Crippen LogP contribution in [-0.4, -0.2) is 16.2 Å².